The first-order valence-corrected chi connectivity index (χ1v) is 12.4. The summed E-state index contributed by atoms with van der Waals surface area (Å²) < 4.78 is 26.0. The van der Waals surface area contributed by atoms with Crippen molar-refractivity contribution in [2.24, 2.45) is 0 Å². The molecule has 0 radical (unpaired) electrons. The summed E-state index contributed by atoms with van der Waals surface area (Å²) in [6.45, 7) is 3.50. The number of carbonyl (C=O) groups is 1. The van der Waals surface area contributed by atoms with E-state index in [1.807, 2.05) is 31.2 Å². The van der Waals surface area contributed by atoms with Crippen LogP contribution in [0.1, 0.15) is 54.9 Å². The van der Waals surface area contributed by atoms with E-state index < -0.39 is 10.0 Å². The fourth-order valence-corrected chi connectivity index (χ4v) is 5.14. The van der Waals surface area contributed by atoms with Crippen molar-refractivity contribution >= 4 is 15.9 Å². The molecule has 2 N–H and O–H groups in total. The van der Waals surface area contributed by atoms with Gasteiger partial charge in [-0.15, -0.1) is 0 Å². The maximum Gasteiger partial charge on any atom is 0.217 e. The zero-order valence-corrected chi connectivity index (χ0v) is 19.0. The van der Waals surface area contributed by atoms with Gasteiger partial charge in [-0.2, -0.15) is 0 Å². The van der Waals surface area contributed by atoms with Gasteiger partial charge in [-0.1, -0.05) is 55.2 Å². The highest BCUT2D eigenvalue weighted by Crippen LogP contribution is 2.35. The van der Waals surface area contributed by atoms with Crippen LogP contribution in [0.4, 0.5) is 0 Å². The molecule has 31 heavy (non-hydrogen) atoms. The first-order valence-electron chi connectivity index (χ1n) is 10.8. The lowest BCUT2D eigenvalue weighted by atomic mass is 9.75. The van der Waals surface area contributed by atoms with Crippen LogP contribution in [-0.2, 0) is 27.7 Å². The summed E-state index contributed by atoms with van der Waals surface area (Å²) >= 11 is 0. The van der Waals surface area contributed by atoms with Crippen LogP contribution in [0.5, 0.6) is 0 Å². The monoisotopic (exact) mass is 438 g/mol. The van der Waals surface area contributed by atoms with Crippen LogP contribution in [0.25, 0.3) is 0 Å². The van der Waals surface area contributed by atoms with Crippen molar-refractivity contribution in [2.75, 3.05) is 12.3 Å². The maximum absolute atomic E-state index is 11.8. The van der Waals surface area contributed by atoms with E-state index in [9.17, 15) is 13.2 Å². The zero-order chi connectivity index (χ0) is 22.3. The molecule has 0 aliphatic heterocycles. The van der Waals surface area contributed by atoms with E-state index in [-0.39, 0.29) is 30.2 Å². The van der Waals surface area contributed by atoms with E-state index in [0.29, 0.717) is 6.42 Å². The van der Waals surface area contributed by atoms with E-state index in [1.54, 1.807) is 6.92 Å². The van der Waals surface area contributed by atoms with Crippen LogP contribution in [0.2, 0.25) is 0 Å². The van der Waals surface area contributed by atoms with Gasteiger partial charge in [0.05, 0.1) is 12.3 Å². The Bertz CT molecular complexity index is 1070. The van der Waals surface area contributed by atoms with Crippen molar-refractivity contribution in [3.05, 3.63) is 70.8 Å². The fourth-order valence-electron chi connectivity index (χ4n) is 4.16. The topological polar surface area (TPSA) is 75.3 Å². The number of rotatable bonds is 7. The summed E-state index contributed by atoms with van der Waals surface area (Å²) in [5, 5.41) is 3.14. The minimum absolute atomic E-state index is 0.0122. The Balaban J connectivity index is 1.83. The van der Waals surface area contributed by atoms with Gasteiger partial charge >= 0.3 is 0 Å². The second-order valence-corrected chi connectivity index (χ2v) is 9.92. The number of aryl methyl sites for hydroxylation is 1. The molecular weight excluding hydrogens is 408 g/mol. The molecule has 6 heteroatoms. The molecule has 0 aromatic heterocycles. The zero-order valence-electron chi connectivity index (χ0n) is 18.1. The summed E-state index contributed by atoms with van der Waals surface area (Å²) in [5.74, 6) is 6.27. The molecule has 0 spiro atoms. The molecule has 0 saturated heterocycles. The number of hydrogen-bond donors (Lipinski definition) is 2. The third kappa shape index (κ3) is 6.68. The molecule has 2 aromatic carbocycles. The Morgan fingerprint density at radius 3 is 2.65 bits per heavy atom. The molecular formula is C25H30N2O3S. The van der Waals surface area contributed by atoms with Gasteiger partial charge in [0.15, 0.2) is 0 Å². The summed E-state index contributed by atoms with van der Waals surface area (Å²) in [7, 11) is -3.26. The van der Waals surface area contributed by atoms with Gasteiger partial charge in [-0.3, -0.25) is 4.79 Å². The van der Waals surface area contributed by atoms with Gasteiger partial charge < -0.3 is 5.32 Å². The summed E-state index contributed by atoms with van der Waals surface area (Å²) in [6, 6.07) is 16.6. The highest BCUT2D eigenvalue weighted by atomic mass is 32.2. The molecule has 2 atom stereocenters. The SMILES string of the molecule is CCCS(=O)(=O)NCC#Cc1ccc2c(c1)C(Cc1ccccc1)C(NC(C)=O)CC2. The minimum Gasteiger partial charge on any atom is -0.353 e. The molecule has 2 aromatic rings. The Labute approximate surface area is 185 Å². The van der Waals surface area contributed by atoms with E-state index >= 15 is 0 Å². The molecule has 1 amide bonds. The van der Waals surface area contributed by atoms with Crippen molar-refractivity contribution in [3.8, 4) is 11.8 Å². The Morgan fingerprint density at radius 1 is 1.16 bits per heavy atom. The van der Waals surface area contributed by atoms with E-state index in [2.05, 4.69) is 46.1 Å². The lowest BCUT2D eigenvalue weighted by Gasteiger charge is -2.34. The standard InChI is InChI=1S/C25H30N2O3S/c1-3-16-31(29,30)26-15-7-10-21-11-12-22-13-14-25(27-19(2)28)24(23(22)17-21)18-20-8-5-4-6-9-20/h4-6,8-9,11-12,17,24-26H,3,13-16,18H2,1-2H3,(H,27,28). The van der Waals surface area contributed by atoms with Crippen molar-refractivity contribution in [1.29, 1.82) is 0 Å². The fraction of sp³-hybridized carbons (Fsp3) is 0.400. The molecule has 164 valence electrons. The Hall–Kier alpha value is -2.62. The van der Waals surface area contributed by atoms with Gasteiger partial charge in [0, 0.05) is 24.4 Å². The average Bonchev–Trinajstić information content (AvgIpc) is 2.73. The predicted octanol–water partition coefficient (Wildman–Crippen LogP) is 3.14. The van der Waals surface area contributed by atoms with Crippen LogP contribution in [0.15, 0.2) is 48.5 Å². The normalized spacial score (nSPS) is 17.9. The van der Waals surface area contributed by atoms with E-state index in [4.69, 9.17) is 0 Å². The van der Waals surface area contributed by atoms with Gasteiger partial charge in [0.25, 0.3) is 0 Å². The van der Waals surface area contributed by atoms with Gasteiger partial charge in [0.1, 0.15) is 0 Å². The minimum atomic E-state index is -3.26. The number of nitrogens with one attached hydrogen (secondary N) is 2. The molecule has 0 fully saturated rings. The molecule has 0 bridgehead atoms. The van der Waals surface area contributed by atoms with Crippen molar-refractivity contribution in [1.82, 2.24) is 10.0 Å². The second-order valence-electron chi connectivity index (χ2n) is 8.00. The summed E-state index contributed by atoms with van der Waals surface area (Å²) in [4.78, 5) is 11.8. The highest BCUT2D eigenvalue weighted by Gasteiger charge is 2.30. The predicted molar refractivity (Wildman–Crippen MR) is 124 cm³/mol. The number of carbonyl (C=O) groups excluding carboxylic acids is 1. The second kappa shape index (κ2) is 10.6. The first kappa shape index (κ1) is 23.1. The molecule has 1 aliphatic rings. The summed E-state index contributed by atoms with van der Waals surface area (Å²) in [5.41, 5.74) is 4.59. The lowest BCUT2D eigenvalue weighted by Crippen LogP contribution is -2.41. The molecule has 0 heterocycles. The maximum atomic E-state index is 11.8. The first-order chi connectivity index (χ1) is 14.9. The van der Waals surface area contributed by atoms with Crippen molar-refractivity contribution in [3.63, 3.8) is 0 Å². The molecule has 0 saturated carbocycles. The molecule has 1 aliphatic carbocycles. The Morgan fingerprint density at radius 2 is 1.94 bits per heavy atom. The van der Waals surface area contributed by atoms with Crippen LogP contribution in [0.3, 0.4) is 0 Å². The van der Waals surface area contributed by atoms with Gasteiger partial charge in [-0.05, 0) is 54.5 Å². The number of sulfonamides is 1. The smallest absolute Gasteiger partial charge is 0.217 e. The summed E-state index contributed by atoms with van der Waals surface area (Å²) in [6.07, 6.45) is 3.24. The van der Waals surface area contributed by atoms with E-state index in [1.165, 1.54) is 16.7 Å². The van der Waals surface area contributed by atoms with Gasteiger partial charge in [-0.25, -0.2) is 13.1 Å². The van der Waals surface area contributed by atoms with Crippen LogP contribution in [-0.4, -0.2) is 32.7 Å². The number of amides is 1. The van der Waals surface area contributed by atoms with E-state index in [0.717, 1.165) is 24.8 Å². The molecule has 2 unspecified atom stereocenters. The number of fused-ring (bicyclic) bond motifs is 1. The Kier molecular flexibility index (Phi) is 7.89. The molecule has 5 nitrogen and oxygen atoms in total. The average molecular weight is 439 g/mol. The van der Waals surface area contributed by atoms with Crippen LogP contribution in [0, 0.1) is 11.8 Å². The number of hydrogen-bond acceptors (Lipinski definition) is 3. The lowest BCUT2D eigenvalue weighted by molar-refractivity contribution is -0.119. The number of benzene rings is 2. The van der Waals surface area contributed by atoms with Crippen molar-refractivity contribution in [2.45, 2.75) is 51.5 Å². The quantitative estimate of drug-likeness (QED) is 0.652. The van der Waals surface area contributed by atoms with Crippen molar-refractivity contribution < 1.29 is 13.2 Å². The van der Waals surface area contributed by atoms with Crippen LogP contribution < -0.4 is 10.0 Å². The third-order valence-electron chi connectivity index (χ3n) is 5.53. The van der Waals surface area contributed by atoms with Gasteiger partial charge in [0.2, 0.25) is 15.9 Å². The molecule has 3 rings (SSSR count). The highest BCUT2D eigenvalue weighted by molar-refractivity contribution is 7.89. The third-order valence-corrected chi connectivity index (χ3v) is 7.06. The largest absolute Gasteiger partial charge is 0.353 e. The van der Waals surface area contributed by atoms with Crippen LogP contribution >= 0.6 is 0 Å².